The van der Waals surface area contributed by atoms with Crippen LogP contribution in [0.5, 0.6) is 0 Å². The number of hydrogen-bond donors (Lipinski definition) is 0. The summed E-state index contributed by atoms with van der Waals surface area (Å²) in [7, 11) is 0. The smallest absolute Gasteiger partial charge is 0.0386 e. The number of rotatable bonds is 1. The van der Waals surface area contributed by atoms with Gasteiger partial charge in [0.2, 0.25) is 0 Å². The van der Waals surface area contributed by atoms with Gasteiger partial charge < -0.3 is 5.48 Å². The second-order valence-corrected chi connectivity index (χ2v) is 4.80. The lowest BCUT2D eigenvalue weighted by molar-refractivity contribution is 0.196. The van der Waals surface area contributed by atoms with Gasteiger partial charge >= 0.3 is 0 Å². The Morgan fingerprint density at radius 1 is 0.533 bits per heavy atom. The van der Waals surface area contributed by atoms with Gasteiger partial charge in [-0.1, -0.05) is 78.1 Å². The summed E-state index contributed by atoms with van der Waals surface area (Å²) in [5.41, 5.74) is 0. The summed E-state index contributed by atoms with van der Waals surface area (Å²) >= 11 is 0. The van der Waals surface area contributed by atoms with Crippen molar-refractivity contribution in [1.82, 2.24) is 0 Å². The Morgan fingerprint density at radius 2 is 0.800 bits per heavy atom. The largest absolute Gasteiger partial charge is 0.412 e. The normalized spacial score (nSPS) is 23.6. The molecule has 0 atom stereocenters. The van der Waals surface area contributed by atoms with E-state index in [-0.39, 0.29) is 5.48 Å². The molecule has 92 valence electrons. The molecule has 2 N–H and O–H groups in total. The van der Waals surface area contributed by atoms with Crippen molar-refractivity contribution in [2.24, 2.45) is 11.8 Å². The minimum Gasteiger partial charge on any atom is -0.412 e. The Labute approximate surface area is 96.0 Å². The van der Waals surface area contributed by atoms with Gasteiger partial charge in [-0.2, -0.15) is 0 Å². The summed E-state index contributed by atoms with van der Waals surface area (Å²) in [4.78, 5) is 0. The van der Waals surface area contributed by atoms with Gasteiger partial charge in [0.05, 0.1) is 0 Å². The third-order valence-electron chi connectivity index (χ3n) is 3.97. The molecule has 0 saturated heterocycles. The Morgan fingerprint density at radius 3 is 1.07 bits per heavy atom. The zero-order chi connectivity index (χ0) is 10.2. The molecular formula is C14H30O. The minimum atomic E-state index is 0. The van der Waals surface area contributed by atoms with Gasteiger partial charge in [0.25, 0.3) is 0 Å². The van der Waals surface area contributed by atoms with E-state index < -0.39 is 0 Å². The van der Waals surface area contributed by atoms with Gasteiger partial charge in [-0.3, -0.25) is 0 Å². The lowest BCUT2D eigenvalue weighted by atomic mass is 9.73. The molecule has 0 radical (unpaired) electrons. The molecule has 0 bridgehead atoms. The van der Waals surface area contributed by atoms with Crippen molar-refractivity contribution in [2.75, 3.05) is 0 Å². The molecule has 1 nitrogen and oxygen atoms in total. The first-order valence-electron chi connectivity index (χ1n) is 6.97. The Balaban J connectivity index is 0.000000617. The fraction of sp³-hybridized carbons (Fsp3) is 1.00. The van der Waals surface area contributed by atoms with Crippen molar-refractivity contribution >= 4 is 0 Å². The van der Waals surface area contributed by atoms with Crippen LogP contribution in [-0.2, 0) is 0 Å². The maximum Gasteiger partial charge on any atom is -0.0386 e. The standard InChI is InChI=1S/C12H22.C2H6.H2O/c1-3-7-11(8-4-1)12-9-5-2-6-10-12;1-2;/h11-12H,1-10H2;1-2H3;1H2. The average molecular weight is 214 g/mol. The first-order chi connectivity index (χ1) is 6.97. The van der Waals surface area contributed by atoms with Gasteiger partial charge in [-0.25, -0.2) is 0 Å². The van der Waals surface area contributed by atoms with E-state index in [0.717, 1.165) is 11.8 Å². The topological polar surface area (TPSA) is 31.5 Å². The highest BCUT2D eigenvalue weighted by atomic mass is 16.0. The highest BCUT2D eigenvalue weighted by Crippen LogP contribution is 2.37. The molecule has 0 aromatic rings. The van der Waals surface area contributed by atoms with E-state index in [0.29, 0.717) is 0 Å². The van der Waals surface area contributed by atoms with Crippen LogP contribution in [0.25, 0.3) is 0 Å². The summed E-state index contributed by atoms with van der Waals surface area (Å²) < 4.78 is 0. The van der Waals surface area contributed by atoms with Crippen LogP contribution in [0.1, 0.15) is 78.1 Å². The van der Waals surface area contributed by atoms with Crippen LogP contribution in [-0.4, -0.2) is 5.48 Å². The van der Waals surface area contributed by atoms with Crippen LogP contribution >= 0.6 is 0 Å². The van der Waals surface area contributed by atoms with Crippen molar-refractivity contribution in [3.8, 4) is 0 Å². The molecule has 2 aliphatic rings. The van der Waals surface area contributed by atoms with E-state index in [2.05, 4.69) is 0 Å². The van der Waals surface area contributed by atoms with Crippen LogP contribution < -0.4 is 0 Å². The number of hydrogen-bond acceptors (Lipinski definition) is 0. The zero-order valence-electron chi connectivity index (χ0n) is 10.7. The van der Waals surface area contributed by atoms with Crippen molar-refractivity contribution in [1.29, 1.82) is 0 Å². The predicted octanol–water partition coefficient (Wildman–Crippen LogP) is 4.35. The van der Waals surface area contributed by atoms with Crippen LogP contribution in [0, 0.1) is 11.8 Å². The monoisotopic (exact) mass is 214 g/mol. The first kappa shape index (κ1) is 15.0. The van der Waals surface area contributed by atoms with E-state index in [1.807, 2.05) is 13.8 Å². The fourth-order valence-corrected chi connectivity index (χ4v) is 3.21. The molecule has 2 aliphatic carbocycles. The average Bonchev–Trinajstić information content (AvgIpc) is 2.34. The van der Waals surface area contributed by atoms with E-state index in [4.69, 9.17) is 0 Å². The summed E-state index contributed by atoms with van der Waals surface area (Å²) in [6, 6.07) is 0. The van der Waals surface area contributed by atoms with Gasteiger partial charge in [-0.05, 0) is 11.8 Å². The summed E-state index contributed by atoms with van der Waals surface area (Å²) in [6.07, 6.45) is 15.4. The molecular weight excluding hydrogens is 184 g/mol. The van der Waals surface area contributed by atoms with Crippen molar-refractivity contribution in [3.63, 3.8) is 0 Å². The van der Waals surface area contributed by atoms with Crippen molar-refractivity contribution in [3.05, 3.63) is 0 Å². The molecule has 2 fully saturated rings. The molecule has 2 rings (SSSR count). The van der Waals surface area contributed by atoms with Crippen LogP contribution in [0.3, 0.4) is 0 Å². The van der Waals surface area contributed by atoms with E-state index in [9.17, 15) is 0 Å². The SMILES string of the molecule is C1CCC(C2CCCCC2)CC1.CC.O. The highest BCUT2D eigenvalue weighted by Gasteiger charge is 2.24. The molecule has 2 saturated carbocycles. The minimum absolute atomic E-state index is 0. The van der Waals surface area contributed by atoms with Gasteiger partial charge in [0, 0.05) is 0 Å². The lowest BCUT2D eigenvalue weighted by Crippen LogP contribution is -2.20. The summed E-state index contributed by atoms with van der Waals surface area (Å²) in [5, 5.41) is 0. The second-order valence-electron chi connectivity index (χ2n) is 4.80. The Hall–Kier alpha value is -0.0400. The van der Waals surface area contributed by atoms with E-state index in [1.54, 1.807) is 25.7 Å². The quantitative estimate of drug-likeness (QED) is 0.621. The molecule has 0 heterocycles. The van der Waals surface area contributed by atoms with Gasteiger partial charge in [0.1, 0.15) is 0 Å². The fourth-order valence-electron chi connectivity index (χ4n) is 3.21. The zero-order valence-corrected chi connectivity index (χ0v) is 10.7. The molecule has 0 spiro atoms. The first-order valence-corrected chi connectivity index (χ1v) is 6.97. The molecule has 0 aliphatic heterocycles. The lowest BCUT2D eigenvalue weighted by Gasteiger charge is -2.32. The van der Waals surface area contributed by atoms with Crippen LogP contribution in [0.15, 0.2) is 0 Å². The predicted molar refractivity (Wildman–Crippen MR) is 68.1 cm³/mol. The third kappa shape index (κ3) is 5.01. The third-order valence-corrected chi connectivity index (χ3v) is 3.97. The van der Waals surface area contributed by atoms with E-state index >= 15 is 0 Å². The molecule has 1 heteroatoms. The summed E-state index contributed by atoms with van der Waals surface area (Å²) in [5.74, 6) is 2.28. The Kier molecular flexibility index (Phi) is 9.18. The second kappa shape index (κ2) is 9.21. The molecule has 0 unspecified atom stereocenters. The summed E-state index contributed by atoms with van der Waals surface area (Å²) in [6.45, 7) is 4.00. The van der Waals surface area contributed by atoms with Gasteiger partial charge in [-0.15, -0.1) is 0 Å². The molecule has 0 amide bonds. The molecule has 15 heavy (non-hydrogen) atoms. The van der Waals surface area contributed by atoms with Crippen molar-refractivity contribution in [2.45, 2.75) is 78.1 Å². The maximum atomic E-state index is 2.00. The van der Waals surface area contributed by atoms with Crippen LogP contribution in [0.4, 0.5) is 0 Å². The molecule has 0 aromatic heterocycles. The van der Waals surface area contributed by atoms with Gasteiger partial charge in [0.15, 0.2) is 0 Å². The molecule has 0 aromatic carbocycles. The van der Waals surface area contributed by atoms with E-state index in [1.165, 1.54) is 38.5 Å². The highest BCUT2D eigenvalue weighted by molar-refractivity contribution is 4.76. The Bertz CT molecular complexity index is 105. The maximum absolute atomic E-state index is 2.00. The van der Waals surface area contributed by atoms with Crippen molar-refractivity contribution < 1.29 is 5.48 Å². The van der Waals surface area contributed by atoms with Crippen LogP contribution in [0.2, 0.25) is 0 Å².